The van der Waals surface area contributed by atoms with Crippen LogP contribution in [0.5, 0.6) is 0 Å². The summed E-state index contributed by atoms with van der Waals surface area (Å²) in [6.45, 7) is 6.68. The molecule has 36 heavy (non-hydrogen) atoms. The number of amides is 1. The van der Waals surface area contributed by atoms with Crippen molar-refractivity contribution in [2.45, 2.75) is 71.6 Å². The van der Waals surface area contributed by atoms with Crippen molar-refractivity contribution < 1.29 is 4.79 Å². The molecule has 0 spiro atoms. The monoisotopic (exact) mass is 487 g/mol. The van der Waals surface area contributed by atoms with Crippen LogP contribution in [-0.2, 0) is 4.79 Å². The summed E-state index contributed by atoms with van der Waals surface area (Å²) in [6, 6.07) is 3.97. The van der Waals surface area contributed by atoms with E-state index in [1.54, 1.807) is 6.20 Å². The molecule has 4 nitrogen and oxygen atoms in total. The first-order valence-corrected chi connectivity index (χ1v) is 13.6. The minimum absolute atomic E-state index is 0.290. The number of aromatic nitrogens is 1. The van der Waals surface area contributed by atoms with E-state index in [-0.39, 0.29) is 5.91 Å². The van der Waals surface area contributed by atoms with E-state index in [9.17, 15) is 4.79 Å². The molecular formula is C32H45N3O. The van der Waals surface area contributed by atoms with Crippen LogP contribution >= 0.6 is 0 Å². The quantitative estimate of drug-likeness (QED) is 0.136. The molecule has 1 aromatic rings. The molecule has 0 N–H and O–H groups in total. The van der Waals surface area contributed by atoms with Gasteiger partial charge in [0.15, 0.2) is 0 Å². The van der Waals surface area contributed by atoms with Crippen molar-refractivity contribution in [3.8, 4) is 0 Å². The minimum Gasteiger partial charge on any atom is -0.342 e. The first-order chi connectivity index (χ1) is 17.7. The molecule has 0 saturated carbocycles. The summed E-state index contributed by atoms with van der Waals surface area (Å²) in [4.78, 5) is 23.5. The van der Waals surface area contributed by atoms with Gasteiger partial charge in [-0.1, -0.05) is 73.8 Å². The van der Waals surface area contributed by atoms with Crippen molar-refractivity contribution in [3.63, 3.8) is 0 Å². The minimum atomic E-state index is 0.290. The van der Waals surface area contributed by atoms with Gasteiger partial charge in [-0.15, -0.1) is 0 Å². The lowest BCUT2D eigenvalue weighted by Gasteiger charge is -2.16. The molecule has 4 heteroatoms. The second-order valence-corrected chi connectivity index (χ2v) is 9.26. The molecular weight excluding hydrogens is 442 g/mol. The van der Waals surface area contributed by atoms with E-state index in [1.165, 1.54) is 0 Å². The number of hydrogen-bond donors (Lipinski definition) is 0. The normalized spacial score (nSPS) is 17.2. The number of nitrogens with zero attached hydrogens (tertiary/aromatic N) is 3. The Kier molecular flexibility index (Phi) is 15.6. The van der Waals surface area contributed by atoms with Crippen LogP contribution in [0.4, 0.5) is 0 Å². The molecule has 0 radical (unpaired) electrons. The summed E-state index contributed by atoms with van der Waals surface area (Å²) in [5.74, 6) is 0.754. The van der Waals surface area contributed by atoms with E-state index >= 15 is 0 Å². The van der Waals surface area contributed by atoms with Crippen LogP contribution in [0.2, 0.25) is 0 Å². The maximum atomic E-state index is 12.5. The number of rotatable bonds is 16. The second-order valence-electron chi connectivity index (χ2n) is 9.26. The molecule has 0 aromatic carbocycles. The molecule has 0 aliphatic carbocycles. The summed E-state index contributed by atoms with van der Waals surface area (Å²) in [5, 5.41) is 0. The molecule has 1 aliphatic rings. The van der Waals surface area contributed by atoms with Gasteiger partial charge in [-0.2, -0.15) is 0 Å². The van der Waals surface area contributed by atoms with E-state index in [4.69, 9.17) is 4.99 Å². The highest BCUT2D eigenvalue weighted by atomic mass is 16.2. The molecule has 1 amide bonds. The highest BCUT2D eigenvalue weighted by Crippen LogP contribution is 2.18. The lowest BCUT2D eigenvalue weighted by molar-refractivity contribution is -0.130. The molecule has 2 heterocycles. The summed E-state index contributed by atoms with van der Waals surface area (Å²) in [7, 11) is 0. The zero-order valence-corrected chi connectivity index (χ0v) is 22.4. The molecule has 1 aromatic heterocycles. The highest BCUT2D eigenvalue weighted by Gasteiger charge is 2.25. The van der Waals surface area contributed by atoms with Gasteiger partial charge in [0.2, 0.25) is 5.91 Å². The fourth-order valence-corrected chi connectivity index (χ4v) is 4.04. The topological polar surface area (TPSA) is 45.6 Å². The zero-order chi connectivity index (χ0) is 25.7. The number of unbranched alkanes of at least 4 members (excludes halogenated alkanes) is 1. The smallest absolute Gasteiger partial charge is 0.222 e. The van der Waals surface area contributed by atoms with Crippen LogP contribution in [-0.4, -0.2) is 41.1 Å². The van der Waals surface area contributed by atoms with Crippen LogP contribution in [0.15, 0.2) is 90.3 Å². The number of carbonyl (C=O) groups excluding carboxylic acids is 1. The number of pyridine rings is 1. The molecule has 1 atom stereocenters. The van der Waals surface area contributed by atoms with Gasteiger partial charge < -0.3 is 4.90 Å². The Morgan fingerprint density at radius 3 is 2.25 bits per heavy atom. The van der Waals surface area contributed by atoms with Crippen molar-refractivity contribution in [1.29, 1.82) is 0 Å². The molecule has 1 aliphatic heterocycles. The third-order valence-corrected chi connectivity index (χ3v) is 6.22. The summed E-state index contributed by atoms with van der Waals surface area (Å²) < 4.78 is 0. The Bertz CT molecular complexity index is 909. The van der Waals surface area contributed by atoms with Gasteiger partial charge in [-0.05, 0) is 70.3 Å². The van der Waals surface area contributed by atoms with Gasteiger partial charge in [0.1, 0.15) is 0 Å². The number of allylic oxidation sites excluding steroid dienone is 10. The van der Waals surface area contributed by atoms with Crippen LogP contribution in [0.25, 0.3) is 0 Å². The predicted octanol–water partition coefficient (Wildman–Crippen LogP) is 7.66. The summed E-state index contributed by atoms with van der Waals surface area (Å²) in [6.07, 6.45) is 34.4. The first kappa shape index (κ1) is 29.2. The third kappa shape index (κ3) is 13.2. The van der Waals surface area contributed by atoms with Crippen molar-refractivity contribution in [2.75, 3.05) is 19.6 Å². The predicted molar refractivity (Wildman–Crippen MR) is 154 cm³/mol. The van der Waals surface area contributed by atoms with E-state index in [2.05, 4.69) is 72.7 Å². The van der Waals surface area contributed by atoms with Crippen LogP contribution in [0.1, 0.15) is 77.2 Å². The maximum absolute atomic E-state index is 12.5. The summed E-state index contributed by atoms with van der Waals surface area (Å²) in [5.41, 5.74) is 2.09. The van der Waals surface area contributed by atoms with E-state index in [0.29, 0.717) is 12.3 Å². The number of hydrogen-bond acceptors (Lipinski definition) is 3. The molecule has 1 unspecified atom stereocenters. The molecule has 0 bridgehead atoms. The van der Waals surface area contributed by atoms with Gasteiger partial charge in [-0.25, -0.2) is 0 Å². The van der Waals surface area contributed by atoms with Gasteiger partial charge >= 0.3 is 0 Å². The Morgan fingerprint density at radius 1 is 1.00 bits per heavy atom. The van der Waals surface area contributed by atoms with Crippen LogP contribution < -0.4 is 0 Å². The standard InChI is InChI=1S/C32H45N3O/c1-3-4-5-6-7-8-9-10-11-12-13-14-15-16-17-18-19-22-32(36)35-25-23-30(28-35)26-34-29(2)31-21-20-24-33-27-31/h4-5,7-8,10-11,13-14,16-17,20-21,24,27,30H,3,6,9,12,15,18-19,22-23,25-26,28H2,1-2H3. The third-order valence-electron chi connectivity index (χ3n) is 6.22. The Balaban J connectivity index is 1.49. The fraction of sp³-hybridized carbons (Fsp3) is 0.469. The first-order valence-electron chi connectivity index (χ1n) is 13.6. The van der Waals surface area contributed by atoms with Crippen molar-refractivity contribution in [3.05, 3.63) is 90.9 Å². The van der Waals surface area contributed by atoms with E-state index in [0.717, 1.165) is 82.3 Å². The van der Waals surface area contributed by atoms with Gasteiger partial charge in [0.05, 0.1) is 0 Å². The second kappa shape index (κ2) is 19.2. The Labute approximate surface area is 219 Å². The average Bonchev–Trinajstić information content (AvgIpc) is 3.39. The average molecular weight is 488 g/mol. The summed E-state index contributed by atoms with van der Waals surface area (Å²) >= 11 is 0. The SMILES string of the molecule is CCC=CCC=CCC=CCC=CCC=CCCCC(=O)N1CCC(CN=C(C)c2cccnc2)C1. The fourth-order valence-electron chi connectivity index (χ4n) is 4.04. The van der Waals surface area contributed by atoms with Gasteiger partial charge in [-0.3, -0.25) is 14.8 Å². The Morgan fingerprint density at radius 2 is 1.64 bits per heavy atom. The number of likely N-dealkylation sites (tertiary alicyclic amines) is 1. The van der Waals surface area contributed by atoms with E-state index < -0.39 is 0 Å². The lowest BCUT2D eigenvalue weighted by Crippen LogP contribution is -2.28. The number of aliphatic imine (C=N–C) groups is 1. The van der Waals surface area contributed by atoms with Crippen LogP contribution in [0, 0.1) is 5.92 Å². The highest BCUT2D eigenvalue weighted by molar-refractivity contribution is 5.98. The maximum Gasteiger partial charge on any atom is 0.222 e. The zero-order valence-electron chi connectivity index (χ0n) is 22.4. The molecule has 2 rings (SSSR count). The van der Waals surface area contributed by atoms with E-state index in [1.807, 2.05) is 30.2 Å². The molecule has 1 fully saturated rings. The molecule has 1 saturated heterocycles. The number of carbonyl (C=O) groups is 1. The van der Waals surface area contributed by atoms with Crippen molar-refractivity contribution >= 4 is 11.6 Å². The van der Waals surface area contributed by atoms with Crippen LogP contribution in [0.3, 0.4) is 0 Å². The largest absolute Gasteiger partial charge is 0.342 e. The Hall–Kier alpha value is -3.01. The van der Waals surface area contributed by atoms with Crippen molar-refractivity contribution in [2.24, 2.45) is 10.9 Å². The molecule has 194 valence electrons. The van der Waals surface area contributed by atoms with Gasteiger partial charge in [0, 0.05) is 49.7 Å². The lowest BCUT2D eigenvalue weighted by atomic mass is 10.1. The van der Waals surface area contributed by atoms with Crippen molar-refractivity contribution in [1.82, 2.24) is 9.88 Å². The van der Waals surface area contributed by atoms with Gasteiger partial charge in [0.25, 0.3) is 0 Å².